The highest BCUT2D eigenvalue weighted by atomic mass is 79.9. The van der Waals surface area contributed by atoms with E-state index in [1.807, 2.05) is 6.07 Å². The zero-order valence-corrected chi connectivity index (χ0v) is 12.6. The van der Waals surface area contributed by atoms with Crippen LogP contribution in [0.5, 0.6) is 0 Å². The first kappa shape index (κ1) is 13.2. The highest BCUT2D eigenvalue weighted by molar-refractivity contribution is 9.13. The van der Waals surface area contributed by atoms with Crippen LogP contribution in [0.2, 0.25) is 0 Å². The molecule has 0 saturated carbocycles. The minimum atomic E-state index is -0.562. The van der Waals surface area contributed by atoms with Crippen molar-refractivity contribution in [2.24, 2.45) is 0 Å². The van der Waals surface area contributed by atoms with Gasteiger partial charge >= 0.3 is 0 Å². The minimum Gasteiger partial charge on any atom is -0.387 e. The summed E-state index contributed by atoms with van der Waals surface area (Å²) in [5, 5.41) is 10.1. The molecule has 2 aromatic rings. The van der Waals surface area contributed by atoms with Crippen LogP contribution in [-0.4, -0.2) is 5.11 Å². The molecule has 1 atom stereocenters. The summed E-state index contributed by atoms with van der Waals surface area (Å²) in [4.78, 5) is 0.882. The van der Waals surface area contributed by atoms with Gasteiger partial charge in [-0.05, 0) is 55.6 Å². The molecule has 0 radical (unpaired) electrons. The largest absolute Gasteiger partial charge is 0.387 e. The van der Waals surface area contributed by atoms with E-state index in [0.29, 0.717) is 6.42 Å². The fourth-order valence-corrected chi connectivity index (χ4v) is 3.55. The fourth-order valence-electron chi connectivity index (χ4n) is 1.47. The fraction of sp³-hybridized carbons (Fsp3) is 0.167. The van der Waals surface area contributed by atoms with Crippen LogP contribution < -0.4 is 0 Å². The molecule has 5 heteroatoms. The smallest absolute Gasteiger partial charge is 0.123 e. The van der Waals surface area contributed by atoms with E-state index < -0.39 is 6.10 Å². The van der Waals surface area contributed by atoms with E-state index in [-0.39, 0.29) is 5.82 Å². The molecule has 0 aliphatic carbocycles. The minimum absolute atomic E-state index is 0.259. The zero-order chi connectivity index (χ0) is 12.4. The average Bonchev–Trinajstić information content (AvgIpc) is 2.63. The van der Waals surface area contributed by atoms with Crippen LogP contribution in [0.1, 0.15) is 16.5 Å². The van der Waals surface area contributed by atoms with Crippen molar-refractivity contribution in [2.75, 3.05) is 0 Å². The summed E-state index contributed by atoms with van der Waals surface area (Å²) in [7, 11) is 0. The molecular weight excluding hydrogens is 371 g/mol. The van der Waals surface area contributed by atoms with Crippen LogP contribution >= 0.6 is 43.2 Å². The summed E-state index contributed by atoms with van der Waals surface area (Å²) in [6, 6.07) is 8.08. The summed E-state index contributed by atoms with van der Waals surface area (Å²) in [6.07, 6.45) is -0.0762. The number of halogens is 3. The Hall–Kier alpha value is -0.230. The van der Waals surface area contributed by atoms with Gasteiger partial charge < -0.3 is 5.11 Å². The molecule has 90 valence electrons. The molecule has 2 rings (SSSR count). The van der Waals surface area contributed by atoms with Gasteiger partial charge in [0.15, 0.2) is 0 Å². The number of thiophene rings is 1. The van der Waals surface area contributed by atoms with E-state index in [2.05, 4.69) is 31.9 Å². The highest BCUT2D eigenvalue weighted by Gasteiger charge is 2.13. The Morgan fingerprint density at radius 2 is 1.88 bits per heavy atom. The maximum atomic E-state index is 12.7. The maximum absolute atomic E-state index is 12.7. The topological polar surface area (TPSA) is 20.2 Å². The molecule has 1 aromatic carbocycles. The molecule has 0 spiro atoms. The molecular formula is C12H9Br2FOS. The molecule has 0 aliphatic heterocycles. The summed E-state index contributed by atoms with van der Waals surface area (Å²) in [6.45, 7) is 0. The monoisotopic (exact) mass is 378 g/mol. The van der Waals surface area contributed by atoms with Crippen LogP contribution in [0.4, 0.5) is 4.39 Å². The second-order valence-electron chi connectivity index (χ2n) is 3.62. The molecule has 0 amide bonds. The molecule has 1 heterocycles. The maximum Gasteiger partial charge on any atom is 0.123 e. The van der Waals surface area contributed by atoms with Gasteiger partial charge in [-0.3, -0.25) is 0 Å². The number of benzene rings is 1. The van der Waals surface area contributed by atoms with Crippen molar-refractivity contribution >= 4 is 43.2 Å². The molecule has 1 nitrogen and oxygen atoms in total. The van der Waals surface area contributed by atoms with Gasteiger partial charge in [0.05, 0.1) is 9.89 Å². The first-order valence-corrected chi connectivity index (χ1v) is 7.34. The summed E-state index contributed by atoms with van der Waals surface area (Å²) in [5.41, 5.74) is 0.916. The van der Waals surface area contributed by atoms with Crippen LogP contribution in [-0.2, 0) is 6.42 Å². The van der Waals surface area contributed by atoms with Gasteiger partial charge in [0.1, 0.15) is 5.82 Å². The van der Waals surface area contributed by atoms with Crippen molar-refractivity contribution < 1.29 is 9.50 Å². The Morgan fingerprint density at radius 3 is 2.41 bits per heavy atom. The number of aliphatic hydroxyl groups excluding tert-OH is 1. The lowest BCUT2D eigenvalue weighted by molar-refractivity contribution is 0.182. The van der Waals surface area contributed by atoms with E-state index in [9.17, 15) is 9.50 Å². The molecule has 1 aromatic heterocycles. The number of aliphatic hydroxyl groups is 1. The third kappa shape index (κ3) is 3.37. The Bertz CT molecular complexity index is 490. The van der Waals surface area contributed by atoms with E-state index in [4.69, 9.17) is 0 Å². The highest BCUT2D eigenvalue weighted by Crippen LogP contribution is 2.36. The number of hydrogen-bond acceptors (Lipinski definition) is 2. The zero-order valence-electron chi connectivity index (χ0n) is 8.66. The molecule has 1 N–H and O–H groups in total. The third-order valence-electron chi connectivity index (χ3n) is 2.33. The van der Waals surface area contributed by atoms with Gasteiger partial charge in [0.25, 0.3) is 0 Å². The predicted octanol–water partition coefficient (Wildman–Crippen LogP) is 4.69. The number of rotatable bonds is 3. The molecule has 0 saturated heterocycles. The summed E-state index contributed by atoms with van der Waals surface area (Å²) in [5.74, 6) is -0.259. The molecule has 17 heavy (non-hydrogen) atoms. The molecule has 1 unspecified atom stereocenters. The number of hydrogen-bond donors (Lipinski definition) is 1. The van der Waals surface area contributed by atoms with Crippen molar-refractivity contribution in [3.8, 4) is 0 Å². The van der Waals surface area contributed by atoms with Gasteiger partial charge in [-0.2, -0.15) is 0 Å². The van der Waals surface area contributed by atoms with E-state index in [1.165, 1.54) is 23.5 Å². The normalized spacial score (nSPS) is 12.7. The van der Waals surface area contributed by atoms with Gasteiger partial charge in [0.2, 0.25) is 0 Å². The second-order valence-corrected chi connectivity index (χ2v) is 6.87. The Balaban J connectivity index is 2.11. The first-order chi connectivity index (χ1) is 8.06. The van der Waals surface area contributed by atoms with Crippen molar-refractivity contribution in [3.63, 3.8) is 0 Å². The lowest BCUT2D eigenvalue weighted by Gasteiger charge is -2.08. The van der Waals surface area contributed by atoms with E-state index in [1.54, 1.807) is 12.1 Å². The molecule has 0 aliphatic rings. The van der Waals surface area contributed by atoms with Crippen molar-refractivity contribution in [1.29, 1.82) is 0 Å². The van der Waals surface area contributed by atoms with Gasteiger partial charge in [0, 0.05) is 15.8 Å². The van der Waals surface area contributed by atoms with Crippen LogP contribution in [0.25, 0.3) is 0 Å². The average molecular weight is 380 g/mol. The van der Waals surface area contributed by atoms with Crippen molar-refractivity contribution in [3.05, 3.63) is 54.8 Å². The van der Waals surface area contributed by atoms with Crippen LogP contribution in [0.3, 0.4) is 0 Å². The van der Waals surface area contributed by atoms with Crippen LogP contribution in [0.15, 0.2) is 38.6 Å². The second kappa shape index (κ2) is 5.61. The Kier molecular flexibility index (Phi) is 4.36. The van der Waals surface area contributed by atoms with Gasteiger partial charge in [-0.25, -0.2) is 4.39 Å². The SMILES string of the molecule is OC(Cc1ccc(F)cc1)c1cc(Br)c(Br)s1. The Labute approximate surface area is 120 Å². The van der Waals surface area contributed by atoms with Crippen molar-refractivity contribution in [2.45, 2.75) is 12.5 Å². The van der Waals surface area contributed by atoms with Crippen LogP contribution in [0, 0.1) is 5.82 Å². The predicted molar refractivity (Wildman–Crippen MR) is 74.8 cm³/mol. The van der Waals surface area contributed by atoms with E-state index >= 15 is 0 Å². The summed E-state index contributed by atoms with van der Waals surface area (Å²) < 4.78 is 14.6. The Morgan fingerprint density at radius 1 is 1.24 bits per heavy atom. The standard InChI is InChI=1S/C12H9Br2FOS/c13-9-6-11(17-12(9)14)10(16)5-7-1-3-8(15)4-2-7/h1-4,6,10,16H,5H2. The first-order valence-electron chi connectivity index (χ1n) is 4.93. The summed E-state index contributed by atoms with van der Waals surface area (Å²) >= 11 is 8.26. The lowest BCUT2D eigenvalue weighted by Crippen LogP contribution is -1.99. The van der Waals surface area contributed by atoms with Gasteiger partial charge in [-0.15, -0.1) is 11.3 Å². The van der Waals surface area contributed by atoms with E-state index in [0.717, 1.165) is 18.7 Å². The molecule has 0 bridgehead atoms. The van der Waals surface area contributed by atoms with Gasteiger partial charge in [-0.1, -0.05) is 12.1 Å². The lowest BCUT2D eigenvalue weighted by atomic mass is 10.1. The van der Waals surface area contributed by atoms with Crippen molar-refractivity contribution in [1.82, 2.24) is 0 Å². The molecule has 0 fully saturated rings. The third-order valence-corrected chi connectivity index (χ3v) is 5.69. The quantitative estimate of drug-likeness (QED) is 0.820.